The molecule has 3 nitrogen and oxygen atoms in total. The largest absolute Gasteiger partial charge is 0.306 e. The van der Waals surface area contributed by atoms with E-state index in [9.17, 15) is 14.5 Å². The van der Waals surface area contributed by atoms with Gasteiger partial charge in [-0.15, -0.1) is 11.3 Å². The van der Waals surface area contributed by atoms with Gasteiger partial charge in [0.05, 0.1) is 4.92 Å². The number of nitrogens with zero attached hydrogens (tertiary/aromatic N) is 1. The summed E-state index contributed by atoms with van der Waals surface area (Å²) < 4.78 is 15.3. The molecule has 0 spiro atoms. The van der Waals surface area contributed by atoms with Gasteiger partial charge in [-0.05, 0) is 12.1 Å². The molecule has 0 unspecified atom stereocenters. The third-order valence-electron chi connectivity index (χ3n) is 2.64. The molecule has 0 fully saturated rings. The van der Waals surface area contributed by atoms with Crippen LogP contribution in [0.4, 0.5) is 10.1 Å². The summed E-state index contributed by atoms with van der Waals surface area (Å²) in [5, 5.41) is 12.3. The van der Waals surface area contributed by atoms with Crippen molar-refractivity contribution in [3.8, 4) is 0 Å². The van der Waals surface area contributed by atoms with Crippen LogP contribution in [0.5, 0.6) is 0 Å². The number of hydrogen-bond donors (Lipinski definition) is 0. The fourth-order valence-corrected chi connectivity index (χ4v) is 2.99. The minimum atomic E-state index is -0.786. The number of thiophene rings is 1. The zero-order valence-corrected chi connectivity index (χ0v) is 9.33. The van der Waals surface area contributed by atoms with E-state index in [1.165, 1.54) is 23.5 Å². The summed E-state index contributed by atoms with van der Waals surface area (Å²) >= 11 is 1.43. The van der Waals surface area contributed by atoms with Gasteiger partial charge in [0.15, 0.2) is 0 Å². The van der Waals surface area contributed by atoms with Crippen molar-refractivity contribution in [2.45, 2.75) is 0 Å². The van der Waals surface area contributed by atoms with Gasteiger partial charge in [-0.25, -0.2) is 0 Å². The van der Waals surface area contributed by atoms with E-state index in [4.69, 9.17) is 0 Å². The molecule has 2 aromatic carbocycles. The number of halogens is 1. The molecule has 3 rings (SSSR count). The number of nitro groups is 1. The fraction of sp³-hybridized carbons (Fsp3) is 0. The first-order chi connectivity index (χ1) is 8.16. The zero-order chi connectivity index (χ0) is 12.0. The normalized spacial score (nSPS) is 11.1. The molecule has 0 radical (unpaired) electrons. The Bertz CT molecular complexity index is 751. The van der Waals surface area contributed by atoms with Crippen molar-refractivity contribution >= 4 is 37.2 Å². The van der Waals surface area contributed by atoms with Crippen molar-refractivity contribution in [3.63, 3.8) is 0 Å². The number of benzene rings is 2. The van der Waals surface area contributed by atoms with Crippen LogP contribution in [0.2, 0.25) is 0 Å². The van der Waals surface area contributed by atoms with Crippen LogP contribution in [-0.2, 0) is 0 Å². The van der Waals surface area contributed by atoms with Gasteiger partial charge < -0.3 is 0 Å². The lowest BCUT2D eigenvalue weighted by Crippen LogP contribution is -1.91. The molecule has 0 aliphatic carbocycles. The maximum Gasteiger partial charge on any atom is 0.306 e. The van der Waals surface area contributed by atoms with E-state index >= 15 is 0 Å². The fourth-order valence-electron chi connectivity index (χ4n) is 1.87. The predicted octanol–water partition coefficient (Wildman–Crippen LogP) is 4.10. The van der Waals surface area contributed by atoms with E-state index in [0.717, 1.165) is 20.2 Å². The molecule has 0 saturated heterocycles. The smallest absolute Gasteiger partial charge is 0.258 e. The van der Waals surface area contributed by atoms with Gasteiger partial charge in [0.25, 0.3) is 0 Å². The van der Waals surface area contributed by atoms with E-state index in [2.05, 4.69) is 0 Å². The van der Waals surface area contributed by atoms with Crippen molar-refractivity contribution in [2.24, 2.45) is 0 Å². The van der Waals surface area contributed by atoms with Crippen molar-refractivity contribution in [2.75, 3.05) is 0 Å². The minimum absolute atomic E-state index is 0.468. The molecular weight excluding hydrogens is 241 g/mol. The van der Waals surface area contributed by atoms with Gasteiger partial charge in [-0.3, -0.25) is 10.1 Å². The van der Waals surface area contributed by atoms with Gasteiger partial charge >= 0.3 is 5.69 Å². The minimum Gasteiger partial charge on any atom is -0.258 e. The molecule has 0 N–H and O–H groups in total. The first-order valence-electron chi connectivity index (χ1n) is 4.92. The Kier molecular flexibility index (Phi) is 2.09. The maximum atomic E-state index is 13.5. The van der Waals surface area contributed by atoms with Crippen molar-refractivity contribution in [1.82, 2.24) is 0 Å². The molecule has 0 aliphatic heterocycles. The number of rotatable bonds is 1. The molecule has 5 heteroatoms. The Balaban J connectivity index is 2.46. The van der Waals surface area contributed by atoms with E-state index in [1.807, 2.05) is 24.3 Å². The zero-order valence-electron chi connectivity index (χ0n) is 8.51. The molecule has 84 valence electrons. The van der Waals surface area contributed by atoms with Crippen LogP contribution < -0.4 is 0 Å². The van der Waals surface area contributed by atoms with Crippen LogP contribution in [0.3, 0.4) is 0 Å². The summed E-state index contributed by atoms with van der Waals surface area (Å²) in [6, 6.07) is 10.1. The van der Waals surface area contributed by atoms with Crippen LogP contribution in [0, 0.1) is 15.9 Å². The standard InChI is InChI=1S/C12H6FNO2S/c13-9-5-8-7-3-1-2-4-11(7)17-12(8)6-10(9)14(15)16/h1-6H. The topological polar surface area (TPSA) is 43.1 Å². The summed E-state index contributed by atoms with van der Waals surface area (Å²) in [5.74, 6) is -0.786. The quantitative estimate of drug-likeness (QED) is 0.480. The highest BCUT2D eigenvalue weighted by Gasteiger charge is 2.17. The van der Waals surface area contributed by atoms with Crippen LogP contribution >= 0.6 is 11.3 Å². The third kappa shape index (κ3) is 1.47. The van der Waals surface area contributed by atoms with Crippen LogP contribution in [0.25, 0.3) is 20.2 Å². The summed E-state index contributed by atoms with van der Waals surface area (Å²) in [4.78, 5) is 9.96. The number of fused-ring (bicyclic) bond motifs is 3. The second kappa shape index (κ2) is 3.49. The van der Waals surface area contributed by atoms with E-state index in [-0.39, 0.29) is 0 Å². The predicted molar refractivity (Wildman–Crippen MR) is 65.9 cm³/mol. The van der Waals surface area contributed by atoms with E-state index in [0.29, 0.717) is 0 Å². The molecule has 0 atom stereocenters. The summed E-state index contributed by atoms with van der Waals surface area (Å²) in [7, 11) is 0. The summed E-state index contributed by atoms with van der Waals surface area (Å²) in [5.41, 5.74) is -0.468. The monoisotopic (exact) mass is 247 g/mol. The van der Waals surface area contributed by atoms with Gasteiger partial charge in [-0.1, -0.05) is 18.2 Å². The highest BCUT2D eigenvalue weighted by atomic mass is 32.1. The Labute approximate surface area is 99.3 Å². The van der Waals surface area contributed by atoms with Gasteiger partial charge in [0.2, 0.25) is 5.82 Å². The Morgan fingerprint density at radius 2 is 1.88 bits per heavy atom. The molecule has 0 amide bonds. The Hall–Kier alpha value is -2.01. The average molecular weight is 247 g/mol. The second-order valence-corrected chi connectivity index (χ2v) is 4.74. The van der Waals surface area contributed by atoms with Gasteiger partial charge in [-0.2, -0.15) is 4.39 Å². The lowest BCUT2D eigenvalue weighted by atomic mass is 10.1. The van der Waals surface area contributed by atoms with Crippen molar-refractivity contribution < 1.29 is 9.31 Å². The van der Waals surface area contributed by atoms with Crippen LogP contribution in [0.15, 0.2) is 36.4 Å². The van der Waals surface area contributed by atoms with E-state index in [1.54, 1.807) is 0 Å². The Morgan fingerprint density at radius 1 is 1.12 bits per heavy atom. The van der Waals surface area contributed by atoms with Crippen LogP contribution in [0.1, 0.15) is 0 Å². The van der Waals surface area contributed by atoms with E-state index < -0.39 is 16.4 Å². The summed E-state index contributed by atoms with van der Waals surface area (Å²) in [6.45, 7) is 0. The Morgan fingerprint density at radius 3 is 2.65 bits per heavy atom. The second-order valence-electron chi connectivity index (χ2n) is 3.66. The molecular formula is C12H6FNO2S. The third-order valence-corrected chi connectivity index (χ3v) is 3.78. The average Bonchev–Trinajstić information content (AvgIpc) is 2.65. The molecule has 0 saturated carbocycles. The lowest BCUT2D eigenvalue weighted by Gasteiger charge is -1.94. The van der Waals surface area contributed by atoms with Crippen molar-refractivity contribution in [3.05, 3.63) is 52.3 Å². The maximum absolute atomic E-state index is 13.5. The SMILES string of the molecule is O=[N+]([O-])c1cc2sc3ccccc3c2cc1F. The van der Waals surface area contributed by atoms with Gasteiger partial charge in [0, 0.05) is 26.2 Å². The molecule has 0 bridgehead atoms. The lowest BCUT2D eigenvalue weighted by molar-refractivity contribution is -0.387. The first kappa shape index (κ1) is 10.2. The number of hydrogen-bond acceptors (Lipinski definition) is 3. The number of nitro benzene ring substituents is 1. The highest BCUT2D eigenvalue weighted by molar-refractivity contribution is 7.25. The summed E-state index contributed by atoms with van der Waals surface area (Å²) in [6.07, 6.45) is 0. The van der Waals surface area contributed by atoms with Crippen molar-refractivity contribution in [1.29, 1.82) is 0 Å². The molecule has 1 aromatic heterocycles. The van der Waals surface area contributed by atoms with Gasteiger partial charge in [0.1, 0.15) is 0 Å². The molecule has 0 aliphatic rings. The first-order valence-corrected chi connectivity index (χ1v) is 5.73. The molecule has 17 heavy (non-hydrogen) atoms. The molecule has 1 heterocycles. The highest BCUT2D eigenvalue weighted by Crippen LogP contribution is 2.36. The molecule has 3 aromatic rings. The van der Waals surface area contributed by atoms with Crippen LogP contribution in [-0.4, -0.2) is 4.92 Å².